The van der Waals surface area contributed by atoms with Crippen LogP contribution in [0.4, 0.5) is 28.9 Å². The highest BCUT2D eigenvalue weighted by Gasteiger charge is 2.43. The lowest BCUT2D eigenvalue weighted by Gasteiger charge is -2.40. The van der Waals surface area contributed by atoms with Gasteiger partial charge in [0.1, 0.15) is 23.7 Å². The Labute approximate surface area is 422 Å². The highest BCUT2D eigenvalue weighted by atomic mass is 19.4. The molecule has 3 fully saturated rings. The van der Waals surface area contributed by atoms with Gasteiger partial charge in [-0.25, -0.2) is 14.4 Å². The number of aromatic nitrogens is 3. The summed E-state index contributed by atoms with van der Waals surface area (Å²) in [6.07, 6.45) is -1.89. The van der Waals surface area contributed by atoms with Crippen molar-refractivity contribution in [2.24, 2.45) is 7.05 Å². The van der Waals surface area contributed by atoms with Gasteiger partial charge in [-0.2, -0.15) is 0 Å². The van der Waals surface area contributed by atoms with E-state index in [4.69, 9.17) is 14.2 Å². The molecule has 0 radical (unpaired) electrons. The Bertz CT molecular complexity index is 3450. The number of imide groups is 1. The van der Waals surface area contributed by atoms with Crippen molar-refractivity contribution in [3.05, 3.63) is 111 Å². The van der Waals surface area contributed by atoms with Crippen molar-refractivity contribution >= 4 is 68.6 Å². The second kappa shape index (κ2) is 19.6. The number of anilines is 2. The van der Waals surface area contributed by atoms with E-state index in [1.54, 1.807) is 23.1 Å². The number of pyridine rings is 1. The molecule has 3 atom stereocenters. The van der Waals surface area contributed by atoms with Gasteiger partial charge >= 0.3 is 6.36 Å². The Kier molecular flexibility index (Phi) is 13.1. The molecule has 0 saturated carbocycles. The fourth-order valence-corrected chi connectivity index (χ4v) is 10.2. The number of piperazine rings is 1. The van der Waals surface area contributed by atoms with E-state index in [9.17, 15) is 46.7 Å². The zero-order valence-corrected chi connectivity index (χ0v) is 40.2. The highest BCUT2D eigenvalue weighted by molar-refractivity contribution is 6.07. The number of ether oxygens (including phenoxy) is 4. The maximum absolute atomic E-state index is 15.6. The first kappa shape index (κ1) is 49.9. The molecule has 6 amide bonds. The number of hydrogen-bond donors (Lipinski definition) is 3. The van der Waals surface area contributed by atoms with Crippen LogP contribution >= 0.6 is 0 Å². The number of nitrogens with zero attached hydrogens (tertiary/aromatic N) is 6. The number of likely N-dealkylation sites (tertiary alicyclic amines) is 1. The number of amides is 6. The number of carbonyl (C=O) groups is 6. The number of rotatable bonds is 13. The average molecular weight is 1040 g/mol. The quantitative estimate of drug-likeness (QED) is 0.0980. The van der Waals surface area contributed by atoms with Gasteiger partial charge in [0.15, 0.2) is 29.7 Å². The lowest BCUT2D eigenvalue weighted by Crippen LogP contribution is -2.57. The van der Waals surface area contributed by atoms with E-state index in [0.29, 0.717) is 35.4 Å². The third-order valence-electron chi connectivity index (χ3n) is 13.9. The Balaban J connectivity index is 0.747. The van der Waals surface area contributed by atoms with Crippen LogP contribution in [0.25, 0.3) is 21.8 Å². The van der Waals surface area contributed by atoms with Gasteiger partial charge in [-0.1, -0.05) is 0 Å². The summed E-state index contributed by atoms with van der Waals surface area (Å²) in [5, 5.41) is 7.77. The number of alkyl halides is 3. The first-order valence-corrected chi connectivity index (χ1v) is 23.6. The Morgan fingerprint density at radius 2 is 1.60 bits per heavy atom. The molecular formula is C51H45F4N9O11. The van der Waals surface area contributed by atoms with Gasteiger partial charge < -0.3 is 43.9 Å². The van der Waals surface area contributed by atoms with Crippen molar-refractivity contribution in [3.8, 4) is 28.9 Å². The van der Waals surface area contributed by atoms with Crippen LogP contribution in [0.1, 0.15) is 57.7 Å². The molecule has 6 heterocycles. The van der Waals surface area contributed by atoms with E-state index in [-0.39, 0.29) is 125 Å². The molecule has 388 valence electrons. The average Bonchev–Trinajstić information content (AvgIpc) is 3.79. The van der Waals surface area contributed by atoms with Gasteiger partial charge in [0.25, 0.3) is 17.7 Å². The molecule has 20 nitrogen and oxygen atoms in total. The molecule has 10 rings (SSSR count). The zero-order chi connectivity index (χ0) is 53.0. The Morgan fingerprint density at radius 3 is 2.32 bits per heavy atom. The second-order valence-corrected chi connectivity index (χ2v) is 18.4. The van der Waals surface area contributed by atoms with Crippen molar-refractivity contribution in [2.75, 3.05) is 44.0 Å². The summed E-state index contributed by atoms with van der Waals surface area (Å²) in [6, 6.07) is 13.8. The number of benzene rings is 4. The van der Waals surface area contributed by atoms with E-state index in [1.165, 1.54) is 67.2 Å². The number of hydrogen-bond acceptors (Lipinski definition) is 14. The lowest BCUT2D eigenvalue weighted by atomic mass is 10.0. The van der Waals surface area contributed by atoms with Crippen molar-refractivity contribution in [1.29, 1.82) is 0 Å². The minimum absolute atomic E-state index is 0.0690. The second-order valence-electron chi connectivity index (χ2n) is 18.4. The van der Waals surface area contributed by atoms with Crippen LogP contribution in [0.3, 0.4) is 0 Å². The van der Waals surface area contributed by atoms with Gasteiger partial charge in [-0.05, 0) is 86.3 Å². The number of carbonyl (C=O) groups excluding carboxylic acids is 6. The largest absolute Gasteiger partial charge is 0.573 e. The van der Waals surface area contributed by atoms with E-state index in [0.717, 1.165) is 31.0 Å². The maximum atomic E-state index is 15.6. The van der Waals surface area contributed by atoms with Crippen LogP contribution in [-0.2, 0) is 32.8 Å². The normalized spacial score (nSPS) is 18.5. The molecule has 2 aromatic heterocycles. The summed E-state index contributed by atoms with van der Waals surface area (Å²) < 4.78 is 77.3. The third kappa shape index (κ3) is 9.94. The minimum atomic E-state index is -5.01. The first-order chi connectivity index (χ1) is 35.8. The fraction of sp³-hybridized carbons (Fsp3) is 0.314. The number of methoxy groups -OCH3 is 1. The SMILES string of the molecule is COc1cc2c(Oc3ccc(NC(=O)c4c(C)n(C)c5ccc(OC(F)(F)F)cc5c4=O)cc3F)ncnc2cc1OCC(=O)N1CC2CCC(C1)N2CC(=O)Nc1ccc2c(c1)CN(C1CCC(=O)NC1=O)C2=O. The smallest absolute Gasteiger partial charge is 0.493 e. The number of aryl methyl sites for hydroxylation is 1. The maximum Gasteiger partial charge on any atom is 0.573 e. The summed E-state index contributed by atoms with van der Waals surface area (Å²) in [5.74, 6) is -4.27. The molecule has 0 aliphatic carbocycles. The monoisotopic (exact) mass is 1040 g/mol. The summed E-state index contributed by atoms with van der Waals surface area (Å²) >= 11 is 0. The number of halogens is 4. The van der Waals surface area contributed by atoms with Gasteiger partial charge in [0, 0.05) is 80.0 Å². The molecule has 2 bridgehead atoms. The molecule has 75 heavy (non-hydrogen) atoms. The number of piperidine rings is 1. The van der Waals surface area contributed by atoms with Gasteiger partial charge in [0.05, 0.1) is 35.5 Å². The zero-order valence-electron chi connectivity index (χ0n) is 40.2. The van der Waals surface area contributed by atoms with Crippen molar-refractivity contribution in [3.63, 3.8) is 0 Å². The van der Waals surface area contributed by atoms with Gasteiger partial charge in [0.2, 0.25) is 29.0 Å². The van der Waals surface area contributed by atoms with Gasteiger partial charge in [-0.3, -0.25) is 43.8 Å². The number of nitrogens with one attached hydrogen (secondary N) is 3. The molecule has 24 heteroatoms. The molecule has 3 saturated heterocycles. The first-order valence-electron chi connectivity index (χ1n) is 23.6. The molecular weight excluding hydrogens is 991 g/mol. The number of fused-ring (bicyclic) bond motifs is 5. The summed E-state index contributed by atoms with van der Waals surface area (Å²) in [7, 11) is 2.92. The van der Waals surface area contributed by atoms with Crippen molar-refractivity contribution < 1.29 is 65.3 Å². The molecule has 4 aliphatic heterocycles. The highest BCUT2D eigenvalue weighted by Crippen LogP contribution is 2.38. The molecule has 6 aromatic rings. The van der Waals surface area contributed by atoms with E-state index in [1.807, 2.05) is 0 Å². The van der Waals surface area contributed by atoms with Gasteiger partial charge in [-0.15, -0.1) is 13.2 Å². The lowest BCUT2D eigenvalue weighted by molar-refractivity contribution is -0.274. The van der Waals surface area contributed by atoms with Crippen molar-refractivity contribution in [2.45, 2.75) is 63.6 Å². The van der Waals surface area contributed by atoms with Crippen LogP contribution in [0.2, 0.25) is 0 Å². The van der Waals surface area contributed by atoms with Crippen LogP contribution in [0.5, 0.6) is 28.9 Å². The molecule has 0 spiro atoms. The van der Waals surface area contributed by atoms with E-state index < -0.39 is 41.2 Å². The van der Waals surface area contributed by atoms with Crippen molar-refractivity contribution in [1.82, 2.24) is 34.6 Å². The standard InChI is InChI=1S/C51H45F4N9O11/c1-25-45(46(68)34-16-31(75-51(53,54)55)8-10-37(34)61(25)2)48(70)59-28-5-12-39(35(52)15-28)74-49-33-17-40(72-3)41(18-36(33)56-24-57-49)73-23-44(67)62-20-29-6-7-30(21-62)63(29)22-43(66)58-27-4-9-32-26(14-27)19-64(50(32)71)38-11-13-42(65)60-47(38)69/h4-5,8-10,12,14-18,24,29-30,38H,6-7,11,13,19-23H2,1-3H3,(H,58,66)(H,59,70)(H,60,65,69). The van der Waals surface area contributed by atoms with Crippen LogP contribution in [0, 0.1) is 12.7 Å². The van der Waals surface area contributed by atoms with Crippen LogP contribution in [-0.4, -0.2) is 123 Å². The van der Waals surface area contributed by atoms with E-state index in [2.05, 4.69) is 35.6 Å². The predicted molar refractivity (Wildman–Crippen MR) is 258 cm³/mol. The van der Waals surface area contributed by atoms with E-state index >= 15 is 4.39 Å². The third-order valence-corrected chi connectivity index (χ3v) is 13.9. The summed E-state index contributed by atoms with van der Waals surface area (Å²) in [5.41, 5.74) is 1.03. The molecule has 3 N–H and O–H groups in total. The molecule has 4 aromatic carbocycles. The molecule has 3 unspecified atom stereocenters. The summed E-state index contributed by atoms with van der Waals surface area (Å²) in [4.78, 5) is 105. The molecule has 4 aliphatic rings. The Morgan fingerprint density at radius 1 is 0.853 bits per heavy atom. The predicted octanol–water partition coefficient (Wildman–Crippen LogP) is 5.33. The van der Waals surface area contributed by atoms with Crippen LogP contribution < -0.4 is 40.3 Å². The topological polar surface area (TPSA) is 233 Å². The summed E-state index contributed by atoms with van der Waals surface area (Å²) in [6.45, 7) is 2.13. The fourth-order valence-electron chi connectivity index (χ4n) is 10.2. The Hall–Kier alpha value is -8.67. The van der Waals surface area contributed by atoms with Crippen LogP contribution in [0.15, 0.2) is 77.9 Å². The minimum Gasteiger partial charge on any atom is -0.493 e.